The third-order valence-corrected chi connectivity index (χ3v) is 4.75. The van der Waals surface area contributed by atoms with Gasteiger partial charge in [-0.1, -0.05) is 13.8 Å². The number of hydrogen-bond donors (Lipinski definition) is 1. The number of halogens is 1. The van der Waals surface area contributed by atoms with E-state index in [1.165, 1.54) is 9.26 Å². The lowest BCUT2D eigenvalue weighted by Crippen LogP contribution is -2.24. The lowest BCUT2D eigenvalue weighted by atomic mass is 10.2. The SMILES string of the molecule is CCCN(CCC)c1ccc(Nc2ncnc3ccc(I)cc23)cc1. The van der Waals surface area contributed by atoms with Crippen LogP contribution in [0.4, 0.5) is 17.2 Å². The van der Waals surface area contributed by atoms with E-state index < -0.39 is 0 Å². The summed E-state index contributed by atoms with van der Waals surface area (Å²) in [6.07, 6.45) is 3.92. The number of aromatic nitrogens is 2. The maximum absolute atomic E-state index is 4.42. The second-order valence-electron chi connectivity index (χ2n) is 6.04. The molecule has 0 atom stereocenters. The highest BCUT2D eigenvalue weighted by molar-refractivity contribution is 14.1. The lowest BCUT2D eigenvalue weighted by Gasteiger charge is -2.24. The van der Waals surface area contributed by atoms with Crippen LogP contribution in [0, 0.1) is 3.57 Å². The third-order valence-electron chi connectivity index (χ3n) is 4.08. The van der Waals surface area contributed by atoms with Gasteiger partial charge in [0.25, 0.3) is 0 Å². The molecule has 1 N–H and O–H groups in total. The molecule has 130 valence electrons. The van der Waals surface area contributed by atoms with Gasteiger partial charge < -0.3 is 10.2 Å². The van der Waals surface area contributed by atoms with Crippen molar-refractivity contribution in [3.05, 3.63) is 52.4 Å². The van der Waals surface area contributed by atoms with Crippen LogP contribution in [0.2, 0.25) is 0 Å². The minimum atomic E-state index is 0.843. The van der Waals surface area contributed by atoms with E-state index in [4.69, 9.17) is 0 Å². The van der Waals surface area contributed by atoms with Crippen molar-refractivity contribution < 1.29 is 0 Å². The van der Waals surface area contributed by atoms with Crippen molar-refractivity contribution in [1.29, 1.82) is 0 Å². The van der Waals surface area contributed by atoms with E-state index in [-0.39, 0.29) is 0 Å². The largest absolute Gasteiger partial charge is 0.372 e. The fourth-order valence-electron chi connectivity index (χ4n) is 2.93. The molecule has 0 unspecified atom stereocenters. The van der Waals surface area contributed by atoms with E-state index in [1.807, 2.05) is 6.07 Å². The molecule has 4 nitrogen and oxygen atoms in total. The molecule has 1 heterocycles. The van der Waals surface area contributed by atoms with Crippen molar-refractivity contribution >= 4 is 50.7 Å². The first kappa shape index (κ1) is 17.9. The van der Waals surface area contributed by atoms with Gasteiger partial charge in [-0.2, -0.15) is 0 Å². The fraction of sp³-hybridized carbons (Fsp3) is 0.300. The van der Waals surface area contributed by atoms with Crippen LogP contribution in [0.25, 0.3) is 10.9 Å². The summed E-state index contributed by atoms with van der Waals surface area (Å²) in [4.78, 5) is 11.2. The van der Waals surface area contributed by atoms with Crippen molar-refractivity contribution in [3.63, 3.8) is 0 Å². The van der Waals surface area contributed by atoms with Gasteiger partial charge >= 0.3 is 0 Å². The summed E-state index contributed by atoms with van der Waals surface area (Å²) < 4.78 is 1.17. The number of nitrogens with zero attached hydrogens (tertiary/aromatic N) is 3. The van der Waals surface area contributed by atoms with E-state index in [0.717, 1.165) is 48.3 Å². The van der Waals surface area contributed by atoms with Crippen molar-refractivity contribution in [2.24, 2.45) is 0 Å². The summed E-state index contributed by atoms with van der Waals surface area (Å²) >= 11 is 2.31. The van der Waals surface area contributed by atoms with Gasteiger partial charge in [-0.05, 0) is 77.9 Å². The minimum absolute atomic E-state index is 0.843. The standard InChI is InChI=1S/C20H23IN4/c1-3-11-25(12-4-2)17-8-6-16(7-9-17)24-20-18-13-15(21)5-10-19(18)22-14-23-20/h5-10,13-14H,3-4,11-12H2,1-2H3,(H,22,23,24). The highest BCUT2D eigenvalue weighted by atomic mass is 127. The highest BCUT2D eigenvalue weighted by Gasteiger charge is 2.07. The second kappa shape index (κ2) is 8.47. The number of anilines is 3. The number of fused-ring (bicyclic) bond motifs is 1. The first-order valence-electron chi connectivity index (χ1n) is 8.73. The number of rotatable bonds is 7. The normalized spacial score (nSPS) is 10.8. The molecular formula is C20H23IN4. The smallest absolute Gasteiger partial charge is 0.141 e. The Morgan fingerprint density at radius 3 is 2.36 bits per heavy atom. The Bertz CT molecular complexity index is 827. The van der Waals surface area contributed by atoms with E-state index in [2.05, 4.69) is 93.0 Å². The van der Waals surface area contributed by atoms with Crippen molar-refractivity contribution in [2.75, 3.05) is 23.3 Å². The molecule has 3 rings (SSSR count). The van der Waals surface area contributed by atoms with Crippen molar-refractivity contribution in [3.8, 4) is 0 Å². The molecule has 0 aliphatic heterocycles. The Labute approximate surface area is 162 Å². The summed E-state index contributed by atoms with van der Waals surface area (Å²) in [6, 6.07) is 14.8. The summed E-state index contributed by atoms with van der Waals surface area (Å²) in [7, 11) is 0. The van der Waals surface area contributed by atoms with Gasteiger partial charge in [0.05, 0.1) is 5.52 Å². The molecule has 0 spiro atoms. The molecule has 1 aromatic heterocycles. The summed E-state index contributed by atoms with van der Waals surface area (Å²) in [5.41, 5.74) is 3.26. The quantitative estimate of drug-likeness (QED) is 0.480. The molecular weight excluding hydrogens is 423 g/mol. The van der Waals surface area contributed by atoms with Gasteiger partial charge in [-0.3, -0.25) is 0 Å². The van der Waals surface area contributed by atoms with Gasteiger partial charge in [-0.15, -0.1) is 0 Å². The Morgan fingerprint density at radius 2 is 1.68 bits per heavy atom. The Balaban J connectivity index is 1.83. The molecule has 2 aromatic carbocycles. The maximum Gasteiger partial charge on any atom is 0.141 e. The monoisotopic (exact) mass is 446 g/mol. The maximum atomic E-state index is 4.42. The van der Waals surface area contributed by atoms with Gasteiger partial charge in [0.1, 0.15) is 12.1 Å². The molecule has 5 heteroatoms. The first-order chi connectivity index (χ1) is 12.2. The van der Waals surface area contributed by atoms with Crippen LogP contribution in [0.3, 0.4) is 0 Å². The predicted molar refractivity (Wildman–Crippen MR) is 115 cm³/mol. The first-order valence-corrected chi connectivity index (χ1v) is 9.81. The molecule has 0 amide bonds. The van der Waals surface area contributed by atoms with Crippen molar-refractivity contribution in [1.82, 2.24) is 9.97 Å². The number of nitrogens with one attached hydrogen (secondary N) is 1. The summed E-state index contributed by atoms with van der Waals surface area (Å²) in [5.74, 6) is 0.843. The van der Waals surface area contributed by atoms with Gasteiger partial charge in [0, 0.05) is 33.4 Å². The molecule has 0 bridgehead atoms. The second-order valence-corrected chi connectivity index (χ2v) is 7.29. The summed E-state index contributed by atoms with van der Waals surface area (Å²) in [6.45, 7) is 6.63. The Hall–Kier alpha value is -1.89. The summed E-state index contributed by atoms with van der Waals surface area (Å²) in [5, 5.41) is 4.47. The molecule has 0 radical (unpaired) electrons. The Kier molecular flexibility index (Phi) is 6.07. The molecule has 0 fully saturated rings. The zero-order valence-electron chi connectivity index (χ0n) is 14.7. The van der Waals surface area contributed by atoms with Crippen LogP contribution >= 0.6 is 22.6 Å². The van der Waals surface area contributed by atoms with Crippen LogP contribution in [-0.4, -0.2) is 23.1 Å². The molecule has 25 heavy (non-hydrogen) atoms. The number of benzene rings is 2. The average molecular weight is 446 g/mol. The zero-order valence-corrected chi connectivity index (χ0v) is 16.8. The van der Waals surface area contributed by atoms with Crippen LogP contribution < -0.4 is 10.2 Å². The highest BCUT2D eigenvalue weighted by Crippen LogP contribution is 2.26. The van der Waals surface area contributed by atoms with Crippen molar-refractivity contribution in [2.45, 2.75) is 26.7 Å². The molecule has 0 saturated heterocycles. The van der Waals surface area contributed by atoms with E-state index in [9.17, 15) is 0 Å². The average Bonchev–Trinajstić information content (AvgIpc) is 2.63. The molecule has 0 aliphatic carbocycles. The van der Waals surface area contributed by atoms with Crippen LogP contribution in [0.5, 0.6) is 0 Å². The fourth-order valence-corrected chi connectivity index (χ4v) is 3.42. The van der Waals surface area contributed by atoms with E-state index >= 15 is 0 Å². The lowest BCUT2D eigenvalue weighted by molar-refractivity contribution is 0.745. The van der Waals surface area contributed by atoms with Crippen LogP contribution in [-0.2, 0) is 0 Å². The van der Waals surface area contributed by atoms with E-state index in [1.54, 1.807) is 6.33 Å². The van der Waals surface area contributed by atoms with Gasteiger partial charge in [0.2, 0.25) is 0 Å². The third kappa shape index (κ3) is 4.39. The van der Waals surface area contributed by atoms with E-state index in [0.29, 0.717) is 0 Å². The molecule has 0 aliphatic rings. The topological polar surface area (TPSA) is 41.0 Å². The minimum Gasteiger partial charge on any atom is -0.372 e. The zero-order chi connectivity index (χ0) is 17.6. The van der Waals surface area contributed by atoms with Gasteiger partial charge in [0.15, 0.2) is 0 Å². The Morgan fingerprint density at radius 1 is 0.960 bits per heavy atom. The number of hydrogen-bond acceptors (Lipinski definition) is 4. The molecule has 0 saturated carbocycles. The van der Waals surface area contributed by atoms with Crippen LogP contribution in [0.15, 0.2) is 48.8 Å². The molecule has 3 aromatic rings. The van der Waals surface area contributed by atoms with Gasteiger partial charge in [-0.25, -0.2) is 9.97 Å². The predicted octanol–water partition coefficient (Wildman–Crippen LogP) is 5.60. The van der Waals surface area contributed by atoms with Crippen LogP contribution in [0.1, 0.15) is 26.7 Å².